The third-order valence-corrected chi connectivity index (χ3v) is 8.45. The molecule has 0 aliphatic carbocycles. The highest BCUT2D eigenvalue weighted by Crippen LogP contribution is 2.46. The van der Waals surface area contributed by atoms with Crippen LogP contribution in [0.5, 0.6) is 0 Å². The van der Waals surface area contributed by atoms with Crippen LogP contribution in [0.3, 0.4) is 0 Å². The standard InChI is InChI=1S/C40H20N4O4/c41-17-25-11-13-29-30-14-12-26(18-42)34-32(40(46)48-22-24-9-5-2-6-10-24)16-28(20-44)36(38(30)34)35-27(19-43)15-31(33(25)37(29)35)39(45)47-21-23-7-3-1-4-8-23/h1-16H,21-22H2. The summed E-state index contributed by atoms with van der Waals surface area (Å²) in [4.78, 5) is 27.3. The molecule has 224 valence electrons. The summed E-state index contributed by atoms with van der Waals surface area (Å²) in [5.74, 6) is -1.44. The summed E-state index contributed by atoms with van der Waals surface area (Å²) < 4.78 is 11.3. The van der Waals surface area contributed by atoms with Crippen LogP contribution in [0.25, 0.3) is 43.1 Å². The quantitative estimate of drug-likeness (QED) is 0.103. The van der Waals surface area contributed by atoms with Crippen LogP contribution in [0.1, 0.15) is 54.1 Å². The Kier molecular flexibility index (Phi) is 7.31. The van der Waals surface area contributed by atoms with Crippen molar-refractivity contribution in [1.82, 2.24) is 0 Å². The molecule has 0 heterocycles. The summed E-state index contributed by atoms with van der Waals surface area (Å²) in [6, 6.07) is 36.3. The van der Waals surface area contributed by atoms with E-state index in [4.69, 9.17) is 9.47 Å². The van der Waals surface area contributed by atoms with Crippen molar-refractivity contribution in [2.24, 2.45) is 0 Å². The average molecular weight is 621 g/mol. The smallest absolute Gasteiger partial charge is 0.339 e. The second-order valence-corrected chi connectivity index (χ2v) is 11.1. The molecule has 0 atom stereocenters. The topological polar surface area (TPSA) is 148 Å². The van der Waals surface area contributed by atoms with Gasteiger partial charge in [0.2, 0.25) is 0 Å². The average Bonchev–Trinajstić information content (AvgIpc) is 3.14. The van der Waals surface area contributed by atoms with Gasteiger partial charge in [0.25, 0.3) is 0 Å². The van der Waals surface area contributed by atoms with E-state index in [0.717, 1.165) is 11.1 Å². The lowest BCUT2D eigenvalue weighted by molar-refractivity contribution is 0.0466. The van der Waals surface area contributed by atoms with Crippen LogP contribution in [0, 0.1) is 45.3 Å². The molecule has 8 heteroatoms. The molecule has 7 aromatic rings. The van der Waals surface area contributed by atoms with E-state index in [0.29, 0.717) is 32.3 Å². The Balaban J connectivity index is 1.54. The van der Waals surface area contributed by atoms with Gasteiger partial charge in [0.15, 0.2) is 0 Å². The number of carbonyl (C=O) groups is 2. The third kappa shape index (κ3) is 4.67. The second-order valence-electron chi connectivity index (χ2n) is 11.1. The summed E-state index contributed by atoms with van der Waals surface area (Å²) in [6.45, 7) is -0.0413. The number of hydrogen-bond acceptors (Lipinski definition) is 8. The van der Waals surface area contributed by atoms with Gasteiger partial charge in [-0.1, -0.05) is 72.8 Å². The van der Waals surface area contributed by atoms with Gasteiger partial charge in [-0.3, -0.25) is 0 Å². The Labute approximate surface area is 273 Å². The predicted octanol–water partition coefficient (Wildman–Crippen LogP) is 7.94. The number of hydrogen-bond donors (Lipinski definition) is 0. The van der Waals surface area contributed by atoms with Gasteiger partial charge >= 0.3 is 11.9 Å². The maximum Gasteiger partial charge on any atom is 0.339 e. The number of ether oxygens (including phenoxy) is 2. The Bertz CT molecular complexity index is 2450. The summed E-state index contributed by atoms with van der Waals surface area (Å²) in [5, 5.41) is 44.5. The van der Waals surface area contributed by atoms with Crippen LogP contribution in [0.4, 0.5) is 0 Å². The fourth-order valence-electron chi connectivity index (χ4n) is 6.39. The first-order valence-corrected chi connectivity index (χ1v) is 14.8. The number of nitriles is 4. The van der Waals surface area contributed by atoms with Crippen molar-refractivity contribution in [1.29, 1.82) is 21.0 Å². The zero-order valence-electron chi connectivity index (χ0n) is 25.1. The Morgan fingerprint density at radius 3 is 1.19 bits per heavy atom. The maximum atomic E-state index is 13.6. The third-order valence-electron chi connectivity index (χ3n) is 8.45. The van der Waals surface area contributed by atoms with Crippen molar-refractivity contribution in [2.75, 3.05) is 0 Å². The van der Waals surface area contributed by atoms with Gasteiger partial charge in [-0.15, -0.1) is 0 Å². The molecular weight excluding hydrogens is 600 g/mol. The molecule has 48 heavy (non-hydrogen) atoms. The number of esters is 2. The highest BCUT2D eigenvalue weighted by molar-refractivity contribution is 6.38. The number of benzene rings is 7. The number of nitrogens with zero attached hydrogens (tertiary/aromatic N) is 4. The van der Waals surface area contributed by atoms with Crippen molar-refractivity contribution < 1.29 is 19.1 Å². The van der Waals surface area contributed by atoms with Crippen LogP contribution in [0.2, 0.25) is 0 Å². The molecule has 0 saturated heterocycles. The highest BCUT2D eigenvalue weighted by Gasteiger charge is 2.28. The molecule has 0 saturated carbocycles. The van der Waals surface area contributed by atoms with Gasteiger partial charge in [0, 0.05) is 32.3 Å². The monoisotopic (exact) mass is 620 g/mol. The van der Waals surface area contributed by atoms with Gasteiger partial charge in [0.05, 0.1) is 57.7 Å². The van der Waals surface area contributed by atoms with E-state index >= 15 is 0 Å². The fraction of sp³-hybridized carbons (Fsp3) is 0.0500. The van der Waals surface area contributed by atoms with Crippen LogP contribution < -0.4 is 0 Å². The van der Waals surface area contributed by atoms with E-state index < -0.39 is 11.9 Å². The minimum atomic E-state index is -0.719. The predicted molar refractivity (Wildman–Crippen MR) is 178 cm³/mol. The van der Waals surface area contributed by atoms with Gasteiger partial charge in [-0.05, 0) is 46.2 Å². The number of rotatable bonds is 6. The molecule has 0 aliphatic heterocycles. The number of carbonyl (C=O) groups excluding carboxylic acids is 2. The largest absolute Gasteiger partial charge is 0.457 e. The first-order valence-electron chi connectivity index (χ1n) is 14.8. The van der Waals surface area contributed by atoms with Crippen LogP contribution in [0.15, 0.2) is 97.1 Å². The molecule has 0 unspecified atom stereocenters. The molecule has 0 radical (unpaired) electrons. The van der Waals surface area contributed by atoms with Crippen LogP contribution in [-0.2, 0) is 22.7 Å². The summed E-state index contributed by atoms with van der Waals surface area (Å²) in [5.41, 5.74) is 2.09. The van der Waals surface area contributed by atoms with Gasteiger partial charge < -0.3 is 9.47 Å². The zero-order valence-corrected chi connectivity index (χ0v) is 25.1. The molecule has 7 rings (SSSR count). The normalized spacial score (nSPS) is 10.8. The van der Waals surface area contributed by atoms with Crippen molar-refractivity contribution in [3.05, 3.63) is 142 Å². The van der Waals surface area contributed by atoms with Gasteiger partial charge in [-0.25, -0.2) is 9.59 Å². The molecule has 0 fully saturated rings. The first kappa shape index (κ1) is 29.5. The fourth-order valence-corrected chi connectivity index (χ4v) is 6.39. The summed E-state index contributed by atoms with van der Waals surface area (Å²) in [7, 11) is 0. The minimum absolute atomic E-state index is 0.0206. The second kappa shape index (κ2) is 11.9. The molecule has 0 amide bonds. The van der Waals surface area contributed by atoms with Gasteiger partial charge in [-0.2, -0.15) is 21.0 Å². The van der Waals surface area contributed by atoms with E-state index in [-0.39, 0.29) is 57.4 Å². The Hall–Kier alpha value is -7.26. The molecule has 0 bridgehead atoms. The molecular formula is C40H20N4O4. The number of fused-ring (bicyclic) bond motifs is 2. The summed E-state index contributed by atoms with van der Waals surface area (Å²) >= 11 is 0. The minimum Gasteiger partial charge on any atom is -0.457 e. The Morgan fingerprint density at radius 2 is 0.833 bits per heavy atom. The molecule has 7 aromatic carbocycles. The SMILES string of the molecule is N#Cc1ccc2c3ccc(C#N)c4c(C(=O)OCc5ccccc5)cc(C#N)c(c5c(C#N)cc(C(=O)OCc6ccccc6)c1c25)c43. The van der Waals surface area contributed by atoms with E-state index in [2.05, 4.69) is 24.3 Å². The zero-order chi connectivity index (χ0) is 33.4. The van der Waals surface area contributed by atoms with E-state index in [9.17, 15) is 30.6 Å². The van der Waals surface area contributed by atoms with E-state index in [1.165, 1.54) is 12.1 Å². The molecule has 0 aromatic heterocycles. The van der Waals surface area contributed by atoms with Crippen LogP contribution in [-0.4, -0.2) is 11.9 Å². The van der Waals surface area contributed by atoms with E-state index in [1.807, 2.05) is 60.7 Å². The first-order chi connectivity index (χ1) is 23.5. The summed E-state index contributed by atoms with van der Waals surface area (Å²) in [6.07, 6.45) is 0. The lowest BCUT2D eigenvalue weighted by atomic mass is 9.81. The Morgan fingerprint density at radius 1 is 0.458 bits per heavy atom. The van der Waals surface area contributed by atoms with Crippen molar-refractivity contribution >= 4 is 55.0 Å². The maximum absolute atomic E-state index is 13.6. The van der Waals surface area contributed by atoms with Crippen molar-refractivity contribution in [3.8, 4) is 24.3 Å². The van der Waals surface area contributed by atoms with Crippen molar-refractivity contribution in [2.45, 2.75) is 13.2 Å². The molecule has 0 aliphatic rings. The molecule has 8 nitrogen and oxygen atoms in total. The van der Waals surface area contributed by atoms with E-state index in [1.54, 1.807) is 24.3 Å². The molecule has 0 N–H and O–H groups in total. The molecule has 0 spiro atoms. The van der Waals surface area contributed by atoms with Crippen molar-refractivity contribution in [3.63, 3.8) is 0 Å². The highest BCUT2D eigenvalue weighted by atomic mass is 16.5. The lowest BCUT2D eigenvalue weighted by Gasteiger charge is -2.20. The van der Waals surface area contributed by atoms with Crippen LogP contribution >= 0.6 is 0 Å². The lowest BCUT2D eigenvalue weighted by Crippen LogP contribution is -2.10. The van der Waals surface area contributed by atoms with Gasteiger partial charge in [0.1, 0.15) is 13.2 Å².